The Labute approximate surface area is 123 Å². The fourth-order valence-corrected chi connectivity index (χ4v) is 2.73. The Morgan fingerprint density at radius 1 is 0.950 bits per heavy atom. The molecule has 1 unspecified atom stereocenters. The quantitative estimate of drug-likeness (QED) is 0.832. The summed E-state index contributed by atoms with van der Waals surface area (Å²) < 4.78 is 0. The van der Waals surface area contributed by atoms with E-state index in [2.05, 4.69) is 74.6 Å². The Hall–Kier alpha value is -1.60. The van der Waals surface area contributed by atoms with E-state index < -0.39 is 0 Å². The number of rotatable bonds is 6. The van der Waals surface area contributed by atoms with Gasteiger partial charge in [0.1, 0.15) is 0 Å². The van der Waals surface area contributed by atoms with Gasteiger partial charge in [-0.3, -0.25) is 0 Å². The lowest BCUT2D eigenvalue weighted by atomic mass is 9.96. The first-order valence-corrected chi connectivity index (χ1v) is 7.52. The third-order valence-corrected chi connectivity index (χ3v) is 3.78. The molecule has 0 bridgehead atoms. The molecule has 0 saturated carbocycles. The van der Waals surface area contributed by atoms with Crippen LogP contribution < -0.4 is 5.32 Å². The topological polar surface area (TPSA) is 12.0 Å². The zero-order valence-electron chi connectivity index (χ0n) is 12.8. The second-order valence-electron chi connectivity index (χ2n) is 5.58. The van der Waals surface area contributed by atoms with Gasteiger partial charge in [0.05, 0.1) is 0 Å². The second-order valence-corrected chi connectivity index (χ2v) is 5.58. The van der Waals surface area contributed by atoms with Crippen molar-refractivity contribution < 1.29 is 0 Å². The van der Waals surface area contributed by atoms with Crippen LogP contribution in [0.1, 0.15) is 29.2 Å². The lowest BCUT2D eigenvalue weighted by Crippen LogP contribution is -2.33. The van der Waals surface area contributed by atoms with Gasteiger partial charge in [-0.15, -0.1) is 0 Å². The van der Waals surface area contributed by atoms with Crippen molar-refractivity contribution in [1.29, 1.82) is 0 Å². The van der Waals surface area contributed by atoms with Crippen LogP contribution >= 0.6 is 0 Å². The maximum Gasteiger partial charge on any atom is 0.0148 e. The summed E-state index contributed by atoms with van der Waals surface area (Å²) in [5, 5.41) is 3.63. The summed E-state index contributed by atoms with van der Waals surface area (Å²) in [7, 11) is 0. The molecule has 0 fully saturated rings. The highest BCUT2D eigenvalue weighted by atomic mass is 14.9. The molecule has 0 aromatic heterocycles. The Morgan fingerprint density at radius 2 is 1.75 bits per heavy atom. The first-order chi connectivity index (χ1) is 9.69. The molecule has 20 heavy (non-hydrogen) atoms. The average molecular weight is 267 g/mol. The number of nitrogens with one attached hydrogen (secondary N) is 1. The van der Waals surface area contributed by atoms with E-state index in [1.54, 1.807) is 0 Å². The van der Waals surface area contributed by atoms with E-state index in [1.807, 2.05) is 0 Å². The van der Waals surface area contributed by atoms with Gasteiger partial charge in [-0.25, -0.2) is 0 Å². The molecule has 0 spiro atoms. The highest BCUT2D eigenvalue weighted by Gasteiger charge is 2.10. The fourth-order valence-electron chi connectivity index (χ4n) is 2.73. The molecular weight excluding hydrogens is 242 g/mol. The molecule has 1 atom stereocenters. The number of likely N-dealkylation sites (N-methyl/N-ethyl adjacent to an activating group) is 1. The monoisotopic (exact) mass is 267 g/mol. The Balaban J connectivity index is 2.09. The molecule has 0 saturated heterocycles. The minimum absolute atomic E-state index is 0.503. The highest BCUT2D eigenvalue weighted by molar-refractivity contribution is 5.28. The van der Waals surface area contributed by atoms with E-state index in [0.29, 0.717) is 6.04 Å². The maximum absolute atomic E-state index is 3.63. The molecule has 0 amide bonds. The van der Waals surface area contributed by atoms with Crippen molar-refractivity contribution in [2.45, 2.75) is 39.7 Å². The SMILES string of the molecule is CCNC(Cc1cccc(C)c1)Cc1ccccc1C. The van der Waals surface area contributed by atoms with Gasteiger partial charge in [0.2, 0.25) is 0 Å². The standard InChI is InChI=1S/C19H25N/c1-4-20-19(13-17-10-7-8-15(2)12-17)14-18-11-6-5-9-16(18)3/h5-12,19-20H,4,13-14H2,1-3H3. The van der Waals surface area contributed by atoms with E-state index in [4.69, 9.17) is 0 Å². The van der Waals surface area contributed by atoms with E-state index >= 15 is 0 Å². The molecule has 1 nitrogen and oxygen atoms in total. The predicted octanol–water partition coefficient (Wildman–Crippen LogP) is 4.07. The molecule has 106 valence electrons. The van der Waals surface area contributed by atoms with E-state index in [9.17, 15) is 0 Å². The zero-order valence-corrected chi connectivity index (χ0v) is 12.8. The number of benzene rings is 2. The van der Waals surface area contributed by atoms with Crippen LogP contribution in [0.25, 0.3) is 0 Å². The molecule has 0 aliphatic heterocycles. The van der Waals surface area contributed by atoms with Crippen LogP contribution in [0, 0.1) is 13.8 Å². The van der Waals surface area contributed by atoms with Gasteiger partial charge in [0, 0.05) is 6.04 Å². The summed E-state index contributed by atoms with van der Waals surface area (Å²) in [4.78, 5) is 0. The van der Waals surface area contributed by atoms with Crippen LogP contribution in [-0.4, -0.2) is 12.6 Å². The van der Waals surface area contributed by atoms with Gasteiger partial charge < -0.3 is 5.32 Å². The van der Waals surface area contributed by atoms with Crippen LogP contribution in [0.2, 0.25) is 0 Å². The molecule has 0 radical (unpaired) electrons. The Bertz CT molecular complexity index is 545. The average Bonchev–Trinajstić information content (AvgIpc) is 2.42. The summed E-state index contributed by atoms with van der Waals surface area (Å²) in [5.74, 6) is 0. The third-order valence-electron chi connectivity index (χ3n) is 3.78. The van der Waals surface area contributed by atoms with Gasteiger partial charge in [-0.2, -0.15) is 0 Å². The van der Waals surface area contributed by atoms with Gasteiger partial charge in [-0.1, -0.05) is 61.0 Å². The molecular formula is C19H25N. The molecule has 2 aromatic carbocycles. The van der Waals surface area contributed by atoms with Gasteiger partial charge in [0.15, 0.2) is 0 Å². The van der Waals surface area contributed by atoms with Gasteiger partial charge in [0.25, 0.3) is 0 Å². The van der Waals surface area contributed by atoms with Crippen molar-refractivity contribution in [3.8, 4) is 0 Å². The summed E-state index contributed by atoms with van der Waals surface area (Å²) in [6.07, 6.45) is 2.18. The number of hydrogen-bond donors (Lipinski definition) is 1. The van der Waals surface area contributed by atoms with E-state index in [0.717, 1.165) is 19.4 Å². The summed E-state index contributed by atoms with van der Waals surface area (Å²) in [6.45, 7) is 7.56. The van der Waals surface area contributed by atoms with Gasteiger partial charge in [-0.05, 0) is 49.9 Å². The summed E-state index contributed by atoms with van der Waals surface area (Å²) >= 11 is 0. The van der Waals surface area contributed by atoms with Crippen molar-refractivity contribution in [3.63, 3.8) is 0 Å². The maximum atomic E-state index is 3.63. The highest BCUT2D eigenvalue weighted by Crippen LogP contribution is 2.13. The van der Waals surface area contributed by atoms with Crippen LogP contribution in [-0.2, 0) is 12.8 Å². The molecule has 0 aliphatic carbocycles. The van der Waals surface area contributed by atoms with Crippen LogP contribution in [0.15, 0.2) is 48.5 Å². The number of aryl methyl sites for hydroxylation is 2. The van der Waals surface area contributed by atoms with Crippen molar-refractivity contribution >= 4 is 0 Å². The molecule has 1 N–H and O–H groups in total. The second kappa shape index (κ2) is 7.25. The molecule has 2 aromatic rings. The molecule has 0 aliphatic rings. The van der Waals surface area contributed by atoms with Crippen molar-refractivity contribution in [2.75, 3.05) is 6.54 Å². The minimum atomic E-state index is 0.503. The van der Waals surface area contributed by atoms with Crippen molar-refractivity contribution in [1.82, 2.24) is 5.32 Å². The first-order valence-electron chi connectivity index (χ1n) is 7.52. The van der Waals surface area contributed by atoms with Crippen LogP contribution in [0.5, 0.6) is 0 Å². The van der Waals surface area contributed by atoms with Crippen LogP contribution in [0.3, 0.4) is 0 Å². The number of hydrogen-bond acceptors (Lipinski definition) is 1. The Morgan fingerprint density at radius 3 is 2.45 bits per heavy atom. The lowest BCUT2D eigenvalue weighted by Gasteiger charge is -2.19. The first kappa shape index (κ1) is 14.8. The van der Waals surface area contributed by atoms with E-state index in [1.165, 1.54) is 22.3 Å². The summed E-state index contributed by atoms with van der Waals surface area (Å²) in [6, 6.07) is 18.0. The van der Waals surface area contributed by atoms with E-state index in [-0.39, 0.29) is 0 Å². The lowest BCUT2D eigenvalue weighted by molar-refractivity contribution is 0.520. The Kier molecular flexibility index (Phi) is 5.37. The minimum Gasteiger partial charge on any atom is -0.314 e. The van der Waals surface area contributed by atoms with Crippen molar-refractivity contribution in [2.24, 2.45) is 0 Å². The fraction of sp³-hybridized carbons (Fsp3) is 0.368. The largest absolute Gasteiger partial charge is 0.314 e. The predicted molar refractivity (Wildman–Crippen MR) is 87.2 cm³/mol. The normalized spacial score (nSPS) is 12.3. The summed E-state index contributed by atoms with van der Waals surface area (Å²) in [5.41, 5.74) is 5.60. The third kappa shape index (κ3) is 4.21. The van der Waals surface area contributed by atoms with Crippen molar-refractivity contribution in [3.05, 3.63) is 70.8 Å². The van der Waals surface area contributed by atoms with Crippen LogP contribution in [0.4, 0.5) is 0 Å². The van der Waals surface area contributed by atoms with Gasteiger partial charge >= 0.3 is 0 Å². The molecule has 2 rings (SSSR count). The molecule has 0 heterocycles. The molecule has 1 heteroatoms. The zero-order chi connectivity index (χ0) is 14.4. The smallest absolute Gasteiger partial charge is 0.0148 e.